The lowest BCUT2D eigenvalue weighted by Gasteiger charge is -2.28. The van der Waals surface area contributed by atoms with Crippen molar-refractivity contribution >= 4 is 21.6 Å². The van der Waals surface area contributed by atoms with Gasteiger partial charge in [-0.1, -0.05) is 42.5 Å². The molecule has 0 fully saturated rings. The maximum absolute atomic E-state index is 13.3. The van der Waals surface area contributed by atoms with Crippen LogP contribution in [0.3, 0.4) is 0 Å². The Bertz CT molecular complexity index is 1340. The van der Waals surface area contributed by atoms with Crippen LogP contribution in [0.1, 0.15) is 51.4 Å². The van der Waals surface area contributed by atoms with E-state index in [1.165, 1.54) is 17.7 Å². The third-order valence-corrected chi connectivity index (χ3v) is 7.52. The summed E-state index contributed by atoms with van der Waals surface area (Å²) in [7, 11) is -3.77. The van der Waals surface area contributed by atoms with Gasteiger partial charge in [0.1, 0.15) is 5.76 Å². The second kappa shape index (κ2) is 8.51. The van der Waals surface area contributed by atoms with Crippen LogP contribution in [-0.2, 0) is 29.4 Å². The van der Waals surface area contributed by atoms with Crippen molar-refractivity contribution in [2.75, 3.05) is 6.54 Å². The number of fused-ring (bicyclic) bond motifs is 2. The molecule has 1 amide bonds. The summed E-state index contributed by atoms with van der Waals surface area (Å²) in [5.74, 6) is 0.873. The van der Waals surface area contributed by atoms with E-state index in [2.05, 4.69) is 22.1 Å². The molecule has 1 aliphatic heterocycles. The monoisotopic (exact) mass is 463 g/mol. The van der Waals surface area contributed by atoms with E-state index in [1.54, 1.807) is 18.2 Å². The van der Waals surface area contributed by atoms with Crippen LogP contribution >= 0.6 is 0 Å². The van der Waals surface area contributed by atoms with E-state index in [9.17, 15) is 13.2 Å². The normalized spacial score (nSPS) is 16.9. The number of carbonyl (C=O) groups is 1. The van der Waals surface area contributed by atoms with Crippen LogP contribution in [0.2, 0.25) is 0 Å². The Morgan fingerprint density at radius 3 is 2.52 bits per heavy atom. The van der Waals surface area contributed by atoms with Crippen LogP contribution in [-0.4, -0.2) is 31.5 Å². The van der Waals surface area contributed by atoms with E-state index in [-0.39, 0.29) is 10.8 Å². The number of nitrogens with one attached hydrogen (secondary N) is 1. The Morgan fingerprint density at radius 1 is 1.00 bits per heavy atom. The molecule has 33 heavy (non-hydrogen) atoms. The fourth-order valence-corrected chi connectivity index (χ4v) is 5.42. The number of hydrazone groups is 1. The molecule has 0 unspecified atom stereocenters. The molecule has 2 heterocycles. The number of aryl methyl sites for hydroxylation is 1. The number of furan rings is 1. The number of nitrogens with zero attached hydrogens (tertiary/aromatic N) is 2. The molecule has 7 nitrogen and oxygen atoms in total. The Balaban J connectivity index is 1.41. The van der Waals surface area contributed by atoms with Crippen molar-refractivity contribution in [1.82, 2.24) is 9.73 Å². The zero-order chi connectivity index (χ0) is 23.0. The Labute approximate surface area is 193 Å². The van der Waals surface area contributed by atoms with Gasteiger partial charge in [-0.15, -0.1) is 0 Å². The molecule has 1 aliphatic carbocycles. The van der Waals surface area contributed by atoms with Gasteiger partial charge in [0.15, 0.2) is 5.76 Å². The number of rotatable bonds is 4. The maximum atomic E-state index is 13.3. The van der Waals surface area contributed by atoms with E-state index in [1.807, 2.05) is 24.0 Å². The first-order valence-corrected chi connectivity index (χ1v) is 12.5. The van der Waals surface area contributed by atoms with Crippen LogP contribution in [0.15, 0.2) is 69.0 Å². The zero-order valence-electron chi connectivity index (χ0n) is 18.4. The van der Waals surface area contributed by atoms with E-state index in [4.69, 9.17) is 4.42 Å². The first kappa shape index (κ1) is 21.5. The quantitative estimate of drug-likeness (QED) is 0.596. The smallest absolute Gasteiger partial charge is 0.290 e. The molecule has 0 bridgehead atoms. The van der Waals surface area contributed by atoms with Crippen molar-refractivity contribution < 1.29 is 17.6 Å². The summed E-state index contributed by atoms with van der Waals surface area (Å²) in [6.07, 6.45) is 2.89. The Hall–Kier alpha value is -3.39. The first-order valence-electron chi connectivity index (χ1n) is 11.1. The van der Waals surface area contributed by atoms with E-state index < -0.39 is 10.0 Å². The molecule has 2 aromatic carbocycles. The van der Waals surface area contributed by atoms with Crippen LogP contribution < -0.4 is 4.83 Å². The molecular weight excluding hydrogens is 438 g/mol. The molecule has 5 rings (SSSR count). The van der Waals surface area contributed by atoms with Crippen LogP contribution in [0.4, 0.5) is 0 Å². The van der Waals surface area contributed by atoms with Crippen LogP contribution in [0, 0.1) is 6.92 Å². The van der Waals surface area contributed by atoms with Gasteiger partial charge >= 0.3 is 0 Å². The minimum Gasteiger partial charge on any atom is -0.455 e. The predicted octanol–water partition coefficient (Wildman–Crippen LogP) is 3.81. The fraction of sp³-hybridized carbons (Fsp3) is 0.280. The molecule has 1 aromatic heterocycles. The van der Waals surface area contributed by atoms with Gasteiger partial charge in [-0.05, 0) is 49.4 Å². The molecule has 170 valence electrons. The van der Waals surface area contributed by atoms with Crippen LogP contribution in [0.5, 0.6) is 0 Å². The molecular formula is C25H25N3O4S. The van der Waals surface area contributed by atoms with Crippen LogP contribution in [0.25, 0.3) is 0 Å². The standard InChI is InChI=1S/C25H25N3O4S/c1-17-23-21(26-27-33(30,31)20-10-3-2-4-11-20)12-7-13-22(23)32-24(17)25(29)28-15-14-18-8-5-6-9-19(18)16-28/h2-6,8-11,27H,7,12-16H2,1H3/b26-21+. The third kappa shape index (κ3) is 4.06. The molecule has 0 radical (unpaired) electrons. The molecule has 0 atom stereocenters. The minimum absolute atomic E-state index is 0.138. The van der Waals surface area contributed by atoms with E-state index in [0.717, 1.165) is 24.0 Å². The fourth-order valence-electron chi connectivity index (χ4n) is 4.56. The maximum Gasteiger partial charge on any atom is 0.290 e. The number of sulfonamides is 1. The van der Waals surface area contributed by atoms with Gasteiger partial charge in [0.25, 0.3) is 15.9 Å². The van der Waals surface area contributed by atoms with E-state index >= 15 is 0 Å². The summed E-state index contributed by atoms with van der Waals surface area (Å²) in [4.78, 5) is 17.6. The highest BCUT2D eigenvalue weighted by atomic mass is 32.2. The number of benzene rings is 2. The molecule has 3 aromatic rings. The molecule has 8 heteroatoms. The summed E-state index contributed by atoms with van der Waals surface area (Å²) in [6, 6.07) is 16.3. The number of hydrogen-bond donors (Lipinski definition) is 1. The van der Waals surface area contributed by atoms with Crippen molar-refractivity contribution in [2.45, 2.75) is 44.0 Å². The van der Waals surface area contributed by atoms with Crippen molar-refractivity contribution in [2.24, 2.45) is 5.10 Å². The lowest BCUT2D eigenvalue weighted by atomic mass is 9.93. The lowest BCUT2D eigenvalue weighted by molar-refractivity contribution is 0.0699. The van der Waals surface area contributed by atoms with Crippen molar-refractivity contribution in [3.05, 3.63) is 88.4 Å². The van der Waals surface area contributed by atoms with Gasteiger partial charge in [-0.2, -0.15) is 18.4 Å². The van der Waals surface area contributed by atoms with Gasteiger partial charge in [0.05, 0.1) is 10.6 Å². The van der Waals surface area contributed by atoms with Gasteiger partial charge < -0.3 is 9.32 Å². The van der Waals surface area contributed by atoms with Gasteiger partial charge in [0.2, 0.25) is 0 Å². The average molecular weight is 464 g/mol. The predicted molar refractivity (Wildman–Crippen MR) is 125 cm³/mol. The lowest BCUT2D eigenvalue weighted by Crippen LogP contribution is -2.36. The van der Waals surface area contributed by atoms with Gasteiger partial charge in [-0.3, -0.25) is 4.79 Å². The Kier molecular flexibility index (Phi) is 5.54. The number of hydrogen-bond acceptors (Lipinski definition) is 5. The van der Waals surface area contributed by atoms with Gasteiger partial charge in [-0.25, -0.2) is 0 Å². The summed E-state index contributed by atoms with van der Waals surface area (Å²) in [5, 5.41) is 4.24. The second-order valence-electron chi connectivity index (χ2n) is 8.42. The molecule has 0 saturated heterocycles. The van der Waals surface area contributed by atoms with E-state index in [0.29, 0.717) is 48.7 Å². The number of carbonyl (C=O) groups excluding carboxylic acids is 1. The van der Waals surface area contributed by atoms with Crippen molar-refractivity contribution in [3.63, 3.8) is 0 Å². The van der Waals surface area contributed by atoms with Gasteiger partial charge in [0, 0.05) is 30.6 Å². The summed E-state index contributed by atoms with van der Waals surface area (Å²) >= 11 is 0. The Morgan fingerprint density at radius 2 is 1.73 bits per heavy atom. The topological polar surface area (TPSA) is 92.0 Å². The average Bonchev–Trinajstić information content (AvgIpc) is 3.19. The molecule has 2 aliphatic rings. The SMILES string of the molecule is Cc1c(C(=O)N2CCc3ccccc3C2)oc2c1/C(=N/NS(=O)(=O)c1ccccc1)CCC2. The summed E-state index contributed by atoms with van der Waals surface area (Å²) in [6.45, 7) is 3.04. The molecule has 0 spiro atoms. The minimum atomic E-state index is -3.77. The van der Waals surface area contributed by atoms with Crippen molar-refractivity contribution in [3.8, 4) is 0 Å². The number of amides is 1. The highest BCUT2D eigenvalue weighted by Gasteiger charge is 2.31. The second-order valence-corrected chi connectivity index (χ2v) is 10.1. The highest BCUT2D eigenvalue weighted by Crippen LogP contribution is 2.31. The zero-order valence-corrected chi connectivity index (χ0v) is 19.2. The summed E-state index contributed by atoms with van der Waals surface area (Å²) < 4.78 is 31.2. The molecule has 0 saturated carbocycles. The molecule has 1 N–H and O–H groups in total. The summed E-state index contributed by atoms with van der Waals surface area (Å²) in [5.41, 5.74) is 4.49. The third-order valence-electron chi connectivity index (χ3n) is 6.29. The first-order chi connectivity index (χ1) is 15.9. The highest BCUT2D eigenvalue weighted by molar-refractivity contribution is 7.89. The largest absolute Gasteiger partial charge is 0.455 e. The van der Waals surface area contributed by atoms with Crippen molar-refractivity contribution in [1.29, 1.82) is 0 Å².